The molecule has 0 aliphatic heterocycles. The van der Waals surface area contributed by atoms with Crippen LogP contribution < -0.4 is 5.73 Å². The van der Waals surface area contributed by atoms with Crippen molar-refractivity contribution in [1.29, 1.82) is 0 Å². The van der Waals surface area contributed by atoms with E-state index in [4.69, 9.17) is 15.2 Å². The third-order valence-electron chi connectivity index (χ3n) is 1.67. The van der Waals surface area contributed by atoms with Crippen molar-refractivity contribution in [3.8, 4) is 0 Å². The van der Waals surface area contributed by atoms with E-state index in [0.717, 1.165) is 26.0 Å². The molecular weight excluding hydrogens is 166 g/mol. The third-order valence-corrected chi connectivity index (χ3v) is 1.67. The van der Waals surface area contributed by atoms with Crippen LogP contribution >= 0.6 is 0 Å². The van der Waals surface area contributed by atoms with E-state index in [0.29, 0.717) is 19.3 Å². The molecule has 80 valence electrons. The number of nitrogens with two attached hydrogens (primary N) is 1. The normalized spacial score (nSPS) is 11.1. The van der Waals surface area contributed by atoms with E-state index >= 15 is 0 Å². The Kier molecular flexibility index (Phi) is 9.87. The molecule has 0 saturated carbocycles. The van der Waals surface area contributed by atoms with Crippen LogP contribution in [0.2, 0.25) is 0 Å². The maximum atomic E-state index is 5.36. The first-order chi connectivity index (χ1) is 6.27. The van der Waals surface area contributed by atoms with Crippen LogP contribution in [0.3, 0.4) is 0 Å². The lowest BCUT2D eigenvalue weighted by atomic mass is 10.2. The minimum Gasteiger partial charge on any atom is -0.379 e. The molecule has 3 heteroatoms. The molecule has 0 amide bonds. The van der Waals surface area contributed by atoms with Gasteiger partial charge in [0.1, 0.15) is 0 Å². The average Bonchev–Trinajstić information content (AvgIpc) is 2.09. The van der Waals surface area contributed by atoms with Crippen molar-refractivity contribution in [2.45, 2.75) is 39.2 Å². The second-order valence-electron chi connectivity index (χ2n) is 3.38. The van der Waals surface area contributed by atoms with Crippen LogP contribution in [-0.2, 0) is 9.47 Å². The fourth-order valence-electron chi connectivity index (χ4n) is 0.970. The Balaban J connectivity index is 2.84. The van der Waals surface area contributed by atoms with E-state index in [1.165, 1.54) is 6.42 Å². The van der Waals surface area contributed by atoms with E-state index < -0.39 is 0 Å². The van der Waals surface area contributed by atoms with Gasteiger partial charge in [0.25, 0.3) is 0 Å². The van der Waals surface area contributed by atoms with Crippen molar-refractivity contribution in [1.82, 2.24) is 0 Å². The largest absolute Gasteiger partial charge is 0.379 e. The van der Waals surface area contributed by atoms with Gasteiger partial charge in [-0.3, -0.25) is 0 Å². The molecule has 0 fully saturated rings. The Morgan fingerprint density at radius 1 is 1.00 bits per heavy atom. The highest BCUT2D eigenvalue weighted by Crippen LogP contribution is 1.94. The minimum atomic E-state index is 0.306. The quantitative estimate of drug-likeness (QED) is 0.560. The molecule has 0 rings (SSSR count). The smallest absolute Gasteiger partial charge is 0.0703 e. The summed E-state index contributed by atoms with van der Waals surface area (Å²) in [5.41, 5.74) is 5.36. The molecule has 3 nitrogen and oxygen atoms in total. The van der Waals surface area contributed by atoms with Crippen LogP contribution in [0.4, 0.5) is 0 Å². The van der Waals surface area contributed by atoms with E-state index in [9.17, 15) is 0 Å². The third kappa shape index (κ3) is 11.9. The predicted octanol–water partition coefficient (Wildman–Crippen LogP) is 1.56. The van der Waals surface area contributed by atoms with Crippen LogP contribution in [-0.4, -0.2) is 32.5 Å². The van der Waals surface area contributed by atoms with Gasteiger partial charge < -0.3 is 15.2 Å². The summed E-state index contributed by atoms with van der Waals surface area (Å²) in [7, 11) is 0. The lowest BCUT2D eigenvalue weighted by Crippen LogP contribution is -2.10. The summed E-state index contributed by atoms with van der Waals surface area (Å²) in [6.07, 6.45) is 3.69. The molecule has 0 aliphatic rings. The number of hydrogen-bond donors (Lipinski definition) is 1. The van der Waals surface area contributed by atoms with E-state index in [1.807, 2.05) is 13.8 Å². The Bertz CT molecular complexity index is 96.9. The highest BCUT2D eigenvalue weighted by molar-refractivity contribution is 4.42. The van der Waals surface area contributed by atoms with E-state index in [1.54, 1.807) is 0 Å². The topological polar surface area (TPSA) is 44.5 Å². The molecule has 0 spiro atoms. The van der Waals surface area contributed by atoms with Crippen molar-refractivity contribution in [3.63, 3.8) is 0 Å². The molecule has 0 aromatic heterocycles. The summed E-state index contributed by atoms with van der Waals surface area (Å²) in [5, 5.41) is 0. The zero-order valence-corrected chi connectivity index (χ0v) is 8.92. The molecule has 0 bridgehead atoms. The minimum absolute atomic E-state index is 0.306. The maximum absolute atomic E-state index is 5.36. The first-order valence-corrected chi connectivity index (χ1v) is 5.16. The SMILES string of the molecule is CC(C)OCCOCCCCCN. The summed E-state index contributed by atoms with van der Waals surface area (Å²) in [4.78, 5) is 0. The van der Waals surface area contributed by atoms with Crippen LogP contribution in [0.25, 0.3) is 0 Å². The van der Waals surface area contributed by atoms with Gasteiger partial charge in [-0.05, 0) is 39.7 Å². The monoisotopic (exact) mass is 189 g/mol. The van der Waals surface area contributed by atoms with Gasteiger partial charge in [0.2, 0.25) is 0 Å². The predicted molar refractivity (Wildman–Crippen MR) is 54.8 cm³/mol. The lowest BCUT2D eigenvalue weighted by molar-refractivity contribution is 0.0187. The standard InChI is InChI=1S/C10H23NO2/c1-10(2)13-9-8-12-7-5-3-4-6-11/h10H,3-9,11H2,1-2H3. The van der Waals surface area contributed by atoms with Crippen molar-refractivity contribution >= 4 is 0 Å². The van der Waals surface area contributed by atoms with Gasteiger partial charge in [0, 0.05) is 6.61 Å². The number of ether oxygens (including phenoxy) is 2. The maximum Gasteiger partial charge on any atom is 0.0703 e. The molecule has 0 heterocycles. The van der Waals surface area contributed by atoms with E-state index in [-0.39, 0.29) is 0 Å². The summed E-state index contributed by atoms with van der Waals surface area (Å²) >= 11 is 0. The summed E-state index contributed by atoms with van der Waals surface area (Å²) in [5.74, 6) is 0. The van der Waals surface area contributed by atoms with Gasteiger partial charge in [-0.1, -0.05) is 0 Å². The zero-order valence-electron chi connectivity index (χ0n) is 8.92. The Morgan fingerprint density at radius 2 is 1.77 bits per heavy atom. The molecule has 0 aromatic carbocycles. The Morgan fingerprint density at radius 3 is 2.38 bits per heavy atom. The first-order valence-electron chi connectivity index (χ1n) is 5.16. The Labute approximate surface area is 81.6 Å². The molecule has 0 unspecified atom stereocenters. The van der Waals surface area contributed by atoms with Crippen LogP contribution in [0.5, 0.6) is 0 Å². The van der Waals surface area contributed by atoms with Gasteiger partial charge in [0.05, 0.1) is 19.3 Å². The highest BCUT2D eigenvalue weighted by Gasteiger charge is 1.93. The van der Waals surface area contributed by atoms with Crippen molar-refractivity contribution in [2.75, 3.05) is 26.4 Å². The second kappa shape index (κ2) is 9.96. The Hall–Kier alpha value is -0.120. The van der Waals surface area contributed by atoms with Crippen LogP contribution in [0, 0.1) is 0 Å². The lowest BCUT2D eigenvalue weighted by Gasteiger charge is -2.07. The first kappa shape index (κ1) is 12.9. The van der Waals surface area contributed by atoms with Gasteiger partial charge in [-0.25, -0.2) is 0 Å². The molecule has 0 atom stereocenters. The molecule has 0 saturated heterocycles. The number of unbranched alkanes of at least 4 members (excludes halogenated alkanes) is 2. The van der Waals surface area contributed by atoms with Gasteiger partial charge >= 0.3 is 0 Å². The van der Waals surface area contributed by atoms with Crippen molar-refractivity contribution in [3.05, 3.63) is 0 Å². The fourth-order valence-corrected chi connectivity index (χ4v) is 0.970. The van der Waals surface area contributed by atoms with Crippen LogP contribution in [0.1, 0.15) is 33.1 Å². The molecule has 0 radical (unpaired) electrons. The molecular formula is C10H23NO2. The summed E-state index contributed by atoms with van der Waals surface area (Å²) in [6, 6.07) is 0. The van der Waals surface area contributed by atoms with Crippen LogP contribution in [0.15, 0.2) is 0 Å². The molecule has 0 aliphatic carbocycles. The van der Waals surface area contributed by atoms with Crippen molar-refractivity contribution in [2.24, 2.45) is 5.73 Å². The molecule has 0 aromatic rings. The highest BCUT2D eigenvalue weighted by atomic mass is 16.5. The second-order valence-corrected chi connectivity index (χ2v) is 3.38. The van der Waals surface area contributed by atoms with Gasteiger partial charge in [0.15, 0.2) is 0 Å². The summed E-state index contributed by atoms with van der Waals surface area (Å²) in [6.45, 7) is 7.09. The zero-order chi connectivity index (χ0) is 9.94. The average molecular weight is 189 g/mol. The molecule has 2 N–H and O–H groups in total. The number of rotatable bonds is 9. The summed E-state index contributed by atoms with van der Waals surface area (Å²) < 4.78 is 10.7. The fraction of sp³-hybridized carbons (Fsp3) is 1.00. The number of hydrogen-bond acceptors (Lipinski definition) is 3. The van der Waals surface area contributed by atoms with Gasteiger partial charge in [-0.15, -0.1) is 0 Å². The van der Waals surface area contributed by atoms with Crippen molar-refractivity contribution < 1.29 is 9.47 Å². The van der Waals surface area contributed by atoms with Gasteiger partial charge in [-0.2, -0.15) is 0 Å². The molecule has 13 heavy (non-hydrogen) atoms. The van der Waals surface area contributed by atoms with E-state index in [2.05, 4.69) is 0 Å².